The molecule has 8 amide bonds. The quantitative estimate of drug-likeness (QED) is 0.0172. The van der Waals surface area contributed by atoms with Gasteiger partial charge >= 0.3 is 5.97 Å². The second-order valence-corrected chi connectivity index (χ2v) is 21.7. The summed E-state index contributed by atoms with van der Waals surface area (Å²) in [5, 5.41) is 38.3. The molecule has 452 valence electrons. The van der Waals surface area contributed by atoms with Gasteiger partial charge in [0.15, 0.2) is 18.0 Å². The van der Waals surface area contributed by atoms with Gasteiger partial charge in [-0.1, -0.05) is 27.7 Å². The van der Waals surface area contributed by atoms with Crippen LogP contribution in [0.25, 0.3) is 0 Å². The molecule has 0 saturated carbocycles. The standard InChI is InChI=1S/C50H90N18O11S/c1-27(2)22-35(64-40(70)31(52)16-21-80-6)43(73)62-33(13-9-18-58-49(53)54)41(71)65-37(24-30-25-57-26-60-30)45(75)63-34(14-10-19-59-50(55)56)47(77)68-20-11-15-38(68)46(76)66-36(23-28(3)4)44(74)61-32(12-7-8-17-51)42(72)67-39(29(5)69)48(78)79/h25-29,31-39,69H,7-24,51-52H2,1-6H3,(H,57,60)(H,61,74)(H,62,73)(H,63,75)(H,64,70)(H,65,71)(H,66,76)(H,67,72)(H,78,79)(H4,53,54,58)(H4,55,56,59)/t29-,31+,32+,33+,34+,35+,36+,37+,38+,39+/m1/s1. The minimum atomic E-state index is -1.67. The van der Waals surface area contributed by atoms with Crippen molar-refractivity contribution < 1.29 is 53.4 Å². The lowest BCUT2D eigenvalue weighted by molar-refractivity contribution is -0.145. The molecule has 29 nitrogen and oxygen atoms in total. The fourth-order valence-corrected chi connectivity index (χ4v) is 9.17. The van der Waals surface area contributed by atoms with E-state index in [9.17, 15) is 53.4 Å². The van der Waals surface area contributed by atoms with Crippen molar-refractivity contribution in [2.24, 2.45) is 56.2 Å². The minimum Gasteiger partial charge on any atom is -0.480 e. The summed E-state index contributed by atoms with van der Waals surface area (Å²) in [6.07, 6.45) is 5.43. The number of nitrogens with two attached hydrogens (primary N) is 6. The van der Waals surface area contributed by atoms with E-state index >= 15 is 0 Å². The summed E-state index contributed by atoms with van der Waals surface area (Å²) in [4.78, 5) is 141. The lowest BCUT2D eigenvalue weighted by Crippen LogP contribution is -2.60. The average molecular weight is 1150 g/mol. The van der Waals surface area contributed by atoms with E-state index < -0.39 is 114 Å². The molecule has 30 heteroatoms. The molecule has 80 heavy (non-hydrogen) atoms. The number of imidazole rings is 1. The van der Waals surface area contributed by atoms with Gasteiger partial charge in [-0.2, -0.15) is 11.8 Å². The van der Waals surface area contributed by atoms with Gasteiger partial charge < -0.3 is 91.7 Å². The predicted molar refractivity (Wildman–Crippen MR) is 302 cm³/mol. The fraction of sp³-hybridized carbons (Fsp3) is 0.720. The number of thioether (sulfide) groups is 1. The number of amides is 8. The first-order valence-corrected chi connectivity index (χ1v) is 28.6. The number of H-pyrrole nitrogens is 1. The van der Waals surface area contributed by atoms with Crippen molar-refractivity contribution in [2.45, 2.75) is 179 Å². The van der Waals surface area contributed by atoms with Gasteiger partial charge in [0.2, 0.25) is 47.3 Å². The van der Waals surface area contributed by atoms with E-state index in [1.54, 1.807) is 0 Å². The van der Waals surface area contributed by atoms with Crippen molar-refractivity contribution >= 4 is 76.9 Å². The number of nitrogens with one attached hydrogen (secondary N) is 8. The SMILES string of the molecule is CSCC[C@H](N)C(=O)N[C@@H](CC(C)C)C(=O)N[C@@H](CCCN=C(N)N)C(=O)N[C@@H](Cc1cnc[nH]1)C(=O)N[C@@H](CCCN=C(N)N)C(=O)N1CCC[C@H]1C(=O)N[C@@H](CC(C)C)C(=O)N[C@@H](CCCCN)C(=O)N[C@H](C(=O)O)[C@@H](C)O. The summed E-state index contributed by atoms with van der Waals surface area (Å²) >= 11 is 1.51. The van der Waals surface area contributed by atoms with E-state index in [1.807, 2.05) is 34.0 Å². The first kappa shape index (κ1) is 69.3. The Morgan fingerprint density at radius 1 is 0.688 bits per heavy atom. The number of carboxylic acid groups (broad SMARTS) is 1. The molecule has 2 heterocycles. The number of aliphatic carboxylic acids is 1. The van der Waals surface area contributed by atoms with Gasteiger partial charge in [-0.15, -0.1) is 0 Å². The summed E-state index contributed by atoms with van der Waals surface area (Å²) in [6, 6.07) is -11.3. The van der Waals surface area contributed by atoms with E-state index in [0.29, 0.717) is 37.1 Å². The van der Waals surface area contributed by atoms with Crippen LogP contribution in [0, 0.1) is 11.8 Å². The molecule has 0 bridgehead atoms. The summed E-state index contributed by atoms with van der Waals surface area (Å²) in [5.41, 5.74) is 34.5. The number of guanidine groups is 2. The molecule has 22 N–H and O–H groups in total. The molecule has 10 atom stereocenters. The molecule has 1 fully saturated rings. The Balaban J connectivity index is 2.52. The minimum absolute atomic E-state index is 0.0196. The number of aromatic amines is 1. The highest BCUT2D eigenvalue weighted by Gasteiger charge is 2.41. The number of aliphatic hydroxyl groups is 1. The second-order valence-electron chi connectivity index (χ2n) is 20.7. The van der Waals surface area contributed by atoms with Gasteiger partial charge in [-0.05, 0) is 114 Å². The van der Waals surface area contributed by atoms with Crippen molar-refractivity contribution in [3.63, 3.8) is 0 Å². The van der Waals surface area contributed by atoms with Crippen LogP contribution < -0.4 is 71.6 Å². The Morgan fingerprint density at radius 2 is 1.18 bits per heavy atom. The monoisotopic (exact) mass is 1150 g/mol. The second kappa shape index (κ2) is 36.5. The molecule has 1 saturated heterocycles. The topological polar surface area (TPSA) is 491 Å². The highest BCUT2D eigenvalue weighted by molar-refractivity contribution is 7.98. The van der Waals surface area contributed by atoms with Gasteiger partial charge in [0.1, 0.15) is 42.3 Å². The number of hydrogen-bond acceptors (Lipinski definition) is 16. The number of nitrogens with zero attached hydrogens (tertiary/aromatic N) is 4. The Bertz CT molecular complexity index is 2210. The molecule has 0 unspecified atom stereocenters. The van der Waals surface area contributed by atoms with E-state index in [-0.39, 0.29) is 108 Å². The Labute approximate surface area is 472 Å². The normalized spacial score (nSPS) is 16.5. The van der Waals surface area contributed by atoms with Crippen LogP contribution in [0.15, 0.2) is 22.5 Å². The Hall–Kier alpha value is -6.79. The van der Waals surface area contributed by atoms with Crippen molar-refractivity contribution in [2.75, 3.05) is 38.2 Å². The third-order valence-electron chi connectivity index (χ3n) is 12.9. The molecule has 0 aliphatic carbocycles. The molecule has 0 spiro atoms. The molecule has 1 aromatic heterocycles. The molecule has 2 rings (SSSR count). The number of aliphatic hydroxyl groups excluding tert-OH is 1. The molecular formula is C50H90N18O11S. The van der Waals surface area contributed by atoms with Crippen LogP contribution >= 0.6 is 11.8 Å². The Kier molecular flexibility index (Phi) is 31.6. The summed E-state index contributed by atoms with van der Waals surface area (Å²) in [6.45, 7) is 9.02. The highest BCUT2D eigenvalue weighted by Crippen LogP contribution is 2.21. The van der Waals surface area contributed by atoms with Gasteiger partial charge in [0.05, 0.1) is 18.5 Å². The number of likely N-dealkylation sites (tertiary alicyclic amines) is 1. The van der Waals surface area contributed by atoms with Crippen molar-refractivity contribution in [3.05, 3.63) is 18.2 Å². The summed E-state index contributed by atoms with van der Waals surface area (Å²) < 4.78 is 0. The number of hydrogen-bond donors (Lipinski definition) is 16. The number of unbranched alkanes of at least 4 members (excludes halogenated alkanes) is 1. The molecular weight excluding hydrogens is 1060 g/mol. The first-order valence-electron chi connectivity index (χ1n) is 27.2. The average Bonchev–Trinajstić information content (AvgIpc) is 4.10. The molecule has 0 radical (unpaired) electrons. The van der Waals surface area contributed by atoms with Crippen LogP contribution in [0.5, 0.6) is 0 Å². The smallest absolute Gasteiger partial charge is 0.328 e. The zero-order chi connectivity index (χ0) is 60.1. The predicted octanol–water partition coefficient (Wildman–Crippen LogP) is -3.79. The zero-order valence-corrected chi connectivity index (χ0v) is 47.9. The van der Waals surface area contributed by atoms with Crippen molar-refractivity contribution in [3.8, 4) is 0 Å². The summed E-state index contributed by atoms with van der Waals surface area (Å²) in [7, 11) is 0. The maximum absolute atomic E-state index is 14.8. The van der Waals surface area contributed by atoms with E-state index in [2.05, 4.69) is 57.2 Å². The largest absolute Gasteiger partial charge is 0.480 e. The van der Waals surface area contributed by atoms with Crippen molar-refractivity contribution in [1.82, 2.24) is 52.1 Å². The van der Waals surface area contributed by atoms with E-state index in [0.717, 1.165) is 0 Å². The fourth-order valence-electron chi connectivity index (χ4n) is 8.68. The first-order chi connectivity index (χ1) is 37.8. The zero-order valence-electron chi connectivity index (χ0n) is 47.0. The van der Waals surface area contributed by atoms with Crippen molar-refractivity contribution in [1.29, 1.82) is 0 Å². The lowest BCUT2D eigenvalue weighted by Gasteiger charge is -2.31. The van der Waals surface area contributed by atoms with Crippen LogP contribution in [-0.4, -0.2) is 189 Å². The number of carbonyl (C=O) groups is 9. The highest BCUT2D eigenvalue weighted by atomic mass is 32.2. The van der Waals surface area contributed by atoms with Crippen LogP contribution in [0.3, 0.4) is 0 Å². The lowest BCUT2D eigenvalue weighted by atomic mass is 10.0. The maximum atomic E-state index is 14.8. The molecule has 0 aromatic carbocycles. The third kappa shape index (κ3) is 25.6. The molecule has 1 aromatic rings. The number of carbonyl (C=O) groups excluding carboxylic acids is 8. The molecule has 1 aliphatic rings. The number of carboxylic acids is 1. The van der Waals surface area contributed by atoms with Crippen LogP contribution in [0.2, 0.25) is 0 Å². The third-order valence-corrected chi connectivity index (χ3v) is 13.5. The van der Waals surface area contributed by atoms with Crippen LogP contribution in [0.4, 0.5) is 0 Å². The van der Waals surface area contributed by atoms with Crippen LogP contribution in [0.1, 0.15) is 117 Å². The van der Waals surface area contributed by atoms with Crippen LogP contribution in [-0.2, 0) is 49.6 Å². The van der Waals surface area contributed by atoms with Gasteiger partial charge in [-0.25, -0.2) is 9.78 Å². The number of rotatable bonds is 38. The number of aromatic nitrogens is 2. The summed E-state index contributed by atoms with van der Waals surface area (Å²) in [5.74, 6) is -7.37. The van der Waals surface area contributed by atoms with Gasteiger partial charge in [-0.3, -0.25) is 48.3 Å². The van der Waals surface area contributed by atoms with E-state index in [4.69, 9.17) is 34.4 Å². The van der Waals surface area contributed by atoms with E-state index in [1.165, 1.54) is 36.1 Å². The van der Waals surface area contributed by atoms with Gasteiger partial charge in [0, 0.05) is 37.9 Å². The number of aliphatic imine (C=N–C) groups is 2. The maximum Gasteiger partial charge on any atom is 0.328 e. The molecule has 1 aliphatic heterocycles. The van der Waals surface area contributed by atoms with Gasteiger partial charge in [0.25, 0.3) is 0 Å². The Morgan fingerprint density at radius 3 is 1.68 bits per heavy atom.